The second-order valence-corrected chi connectivity index (χ2v) is 5.26. The number of nitrogens with one attached hydrogen (secondary N) is 1. The number of hydrogen-bond acceptors (Lipinski definition) is 4. The molecule has 0 aliphatic rings. The Kier molecular flexibility index (Phi) is 4.12. The second kappa shape index (κ2) is 5.63. The molecule has 2 rings (SSSR count). The molecule has 0 saturated carbocycles. The maximum atomic E-state index is 5.84. The molecule has 4 heteroatoms. The minimum Gasteiger partial charge on any atom is -0.493 e. The average Bonchev–Trinajstić information content (AvgIpc) is 2.79. The summed E-state index contributed by atoms with van der Waals surface area (Å²) in [7, 11) is 3.35. The molecule has 2 aromatic rings. The van der Waals surface area contributed by atoms with Crippen molar-refractivity contribution < 1.29 is 13.9 Å². The largest absolute Gasteiger partial charge is 0.493 e. The Morgan fingerprint density at radius 2 is 2.05 bits per heavy atom. The summed E-state index contributed by atoms with van der Waals surface area (Å²) >= 11 is 0. The lowest BCUT2D eigenvalue weighted by Gasteiger charge is -2.24. The molecule has 1 heterocycles. The molecule has 0 saturated heterocycles. The van der Waals surface area contributed by atoms with E-state index in [9.17, 15) is 0 Å². The van der Waals surface area contributed by atoms with Gasteiger partial charge in [-0.1, -0.05) is 12.1 Å². The first kappa shape index (κ1) is 13.9. The van der Waals surface area contributed by atoms with Gasteiger partial charge in [0.15, 0.2) is 11.3 Å². The molecule has 0 bridgehead atoms. The molecule has 0 aliphatic carbocycles. The molecule has 1 N–H and O–H groups in total. The van der Waals surface area contributed by atoms with Crippen LogP contribution in [0, 0.1) is 0 Å². The Balaban J connectivity index is 2.14. The van der Waals surface area contributed by atoms with E-state index in [4.69, 9.17) is 13.9 Å². The number of furan rings is 1. The summed E-state index contributed by atoms with van der Waals surface area (Å²) < 4.78 is 16.3. The van der Waals surface area contributed by atoms with Crippen molar-refractivity contribution in [3.05, 3.63) is 30.0 Å². The van der Waals surface area contributed by atoms with Gasteiger partial charge in [0.1, 0.15) is 5.76 Å². The second-order valence-electron chi connectivity index (χ2n) is 5.26. The van der Waals surface area contributed by atoms with Crippen LogP contribution < -0.4 is 10.1 Å². The number of methoxy groups -OCH3 is 2. The fourth-order valence-corrected chi connectivity index (χ4v) is 2.08. The van der Waals surface area contributed by atoms with E-state index < -0.39 is 0 Å². The summed E-state index contributed by atoms with van der Waals surface area (Å²) in [4.78, 5) is 0. The van der Waals surface area contributed by atoms with Crippen molar-refractivity contribution in [1.29, 1.82) is 0 Å². The van der Waals surface area contributed by atoms with Gasteiger partial charge in [0.25, 0.3) is 0 Å². The molecule has 0 unspecified atom stereocenters. The van der Waals surface area contributed by atoms with Gasteiger partial charge in [0, 0.05) is 18.0 Å². The van der Waals surface area contributed by atoms with E-state index in [2.05, 4.69) is 19.2 Å². The molecule has 0 aliphatic heterocycles. The number of para-hydroxylation sites is 1. The molecule has 1 aromatic carbocycles. The number of benzene rings is 1. The molecule has 0 radical (unpaired) electrons. The summed E-state index contributed by atoms with van der Waals surface area (Å²) in [6.45, 7) is 5.50. The van der Waals surface area contributed by atoms with Gasteiger partial charge in [-0.2, -0.15) is 0 Å². The molecule has 4 nitrogen and oxygen atoms in total. The van der Waals surface area contributed by atoms with Crippen molar-refractivity contribution in [3.63, 3.8) is 0 Å². The fourth-order valence-electron chi connectivity index (χ4n) is 2.08. The van der Waals surface area contributed by atoms with E-state index in [1.165, 1.54) is 0 Å². The monoisotopic (exact) mass is 263 g/mol. The van der Waals surface area contributed by atoms with E-state index in [1.807, 2.05) is 24.3 Å². The van der Waals surface area contributed by atoms with Crippen LogP contribution in [0.4, 0.5) is 0 Å². The van der Waals surface area contributed by atoms with Gasteiger partial charge < -0.3 is 19.2 Å². The van der Waals surface area contributed by atoms with E-state index in [-0.39, 0.29) is 5.54 Å². The van der Waals surface area contributed by atoms with E-state index in [0.717, 1.165) is 22.5 Å². The predicted molar refractivity (Wildman–Crippen MR) is 75.6 cm³/mol. The van der Waals surface area contributed by atoms with E-state index in [0.29, 0.717) is 13.2 Å². The van der Waals surface area contributed by atoms with Crippen LogP contribution in [0.2, 0.25) is 0 Å². The molecular weight excluding hydrogens is 242 g/mol. The standard InChI is InChI=1S/C15H21NO3/c1-15(2,10-17-3)16-9-12-8-11-6-5-7-13(18-4)14(11)19-12/h5-8,16H,9-10H2,1-4H3. The highest BCUT2D eigenvalue weighted by Gasteiger charge is 2.17. The molecule has 1 aromatic heterocycles. The summed E-state index contributed by atoms with van der Waals surface area (Å²) in [6, 6.07) is 7.92. The third-order valence-electron chi connectivity index (χ3n) is 3.03. The smallest absolute Gasteiger partial charge is 0.176 e. The lowest BCUT2D eigenvalue weighted by atomic mass is 10.1. The zero-order valence-electron chi connectivity index (χ0n) is 11.9. The van der Waals surface area contributed by atoms with E-state index in [1.54, 1.807) is 14.2 Å². The summed E-state index contributed by atoms with van der Waals surface area (Å²) in [6.07, 6.45) is 0. The predicted octanol–water partition coefficient (Wildman–Crippen LogP) is 2.96. The van der Waals surface area contributed by atoms with Crippen LogP contribution in [0.5, 0.6) is 5.75 Å². The number of rotatable bonds is 6. The van der Waals surface area contributed by atoms with Gasteiger partial charge >= 0.3 is 0 Å². The maximum absolute atomic E-state index is 5.84. The number of ether oxygens (including phenoxy) is 2. The van der Waals surface area contributed by atoms with Crippen molar-refractivity contribution >= 4 is 11.0 Å². The highest BCUT2D eigenvalue weighted by Crippen LogP contribution is 2.28. The molecule has 0 amide bonds. The zero-order valence-corrected chi connectivity index (χ0v) is 11.9. The van der Waals surface area contributed by atoms with Crippen LogP contribution in [0.1, 0.15) is 19.6 Å². The third-order valence-corrected chi connectivity index (χ3v) is 3.03. The first-order valence-corrected chi connectivity index (χ1v) is 6.35. The van der Waals surface area contributed by atoms with Gasteiger partial charge in [-0.05, 0) is 26.0 Å². The fraction of sp³-hybridized carbons (Fsp3) is 0.467. The van der Waals surface area contributed by atoms with Crippen LogP contribution in [-0.2, 0) is 11.3 Å². The summed E-state index contributed by atoms with van der Waals surface area (Å²) in [5.74, 6) is 1.66. The van der Waals surface area contributed by atoms with Crippen LogP contribution in [-0.4, -0.2) is 26.4 Å². The molecular formula is C15H21NO3. The lowest BCUT2D eigenvalue weighted by molar-refractivity contribution is 0.126. The summed E-state index contributed by atoms with van der Waals surface area (Å²) in [5.41, 5.74) is 0.712. The van der Waals surface area contributed by atoms with Crippen LogP contribution in [0.3, 0.4) is 0 Å². The zero-order chi connectivity index (χ0) is 13.9. The Bertz CT molecular complexity index is 545. The number of fused-ring (bicyclic) bond motifs is 1. The Hall–Kier alpha value is -1.52. The maximum Gasteiger partial charge on any atom is 0.176 e. The number of hydrogen-bond donors (Lipinski definition) is 1. The first-order valence-electron chi connectivity index (χ1n) is 6.35. The minimum atomic E-state index is -0.0855. The van der Waals surface area contributed by atoms with Crippen molar-refractivity contribution in [2.75, 3.05) is 20.8 Å². The molecule has 0 spiro atoms. The van der Waals surface area contributed by atoms with Gasteiger partial charge in [0.2, 0.25) is 0 Å². The highest BCUT2D eigenvalue weighted by atomic mass is 16.5. The molecule has 19 heavy (non-hydrogen) atoms. The summed E-state index contributed by atoms with van der Waals surface area (Å²) in [5, 5.41) is 4.47. The van der Waals surface area contributed by atoms with Gasteiger partial charge in [-0.3, -0.25) is 0 Å². The Labute approximate surface area is 113 Å². The topological polar surface area (TPSA) is 43.6 Å². The van der Waals surface area contributed by atoms with Crippen LogP contribution in [0.25, 0.3) is 11.0 Å². The van der Waals surface area contributed by atoms with Crippen LogP contribution in [0.15, 0.2) is 28.7 Å². The Morgan fingerprint density at radius 3 is 2.74 bits per heavy atom. The SMILES string of the molecule is COCC(C)(C)NCc1cc2cccc(OC)c2o1. The van der Waals surface area contributed by atoms with Crippen molar-refractivity contribution in [1.82, 2.24) is 5.32 Å². The van der Waals surface area contributed by atoms with Crippen LogP contribution >= 0.6 is 0 Å². The third kappa shape index (κ3) is 3.28. The highest BCUT2D eigenvalue weighted by molar-refractivity contribution is 5.83. The van der Waals surface area contributed by atoms with Gasteiger partial charge in [-0.25, -0.2) is 0 Å². The first-order chi connectivity index (χ1) is 9.05. The molecule has 104 valence electrons. The molecule has 0 fully saturated rings. The normalized spacial score (nSPS) is 12.0. The molecule has 0 atom stereocenters. The van der Waals surface area contributed by atoms with Crippen molar-refractivity contribution in [2.45, 2.75) is 25.9 Å². The quantitative estimate of drug-likeness (QED) is 0.870. The lowest BCUT2D eigenvalue weighted by Crippen LogP contribution is -2.42. The van der Waals surface area contributed by atoms with Gasteiger partial charge in [0.05, 0.1) is 20.3 Å². The average molecular weight is 263 g/mol. The van der Waals surface area contributed by atoms with Crippen molar-refractivity contribution in [2.24, 2.45) is 0 Å². The van der Waals surface area contributed by atoms with Crippen molar-refractivity contribution in [3.8, 4) is 5.75 Å². The minimum absolute atomic E-state index is 0.0855. The van der Waals surface area contributed by atoms with Gasteiger partial charge in [-0.15, -0.1) is 0 Å². The Morgan fingerprint density at radius 1 is 1.26 bits per heavy atom. The van der Waals surface area contributed by atoms with E-state index >= 15 is 0 Å².